The average Bonchev–Trinajstić information content (AvgIpc) is 2.67. The zero-order valence-electron chi connectivity index (χ0n) is 15.1. The van der Waals surface area contributed by atoms with Crippen molar-refractivity contribution in [2.75, 3.05) is 13.1 Å². The molecular weight excluding hydrogens is 395 g/mol. The number of nitrogens with zero attached hydrogens (tertiary/aromatic N) is 1. The number of nitrogens with one attached hydrogen (secondary N) is 1. The van der Waals surface area contributed by atoms with Crippen molar-refractivity contribution in [3.8, 4) is 0 Å². The Balaban J connectivity index is 1.62. The SMILES string of the molecule is O=C(NC1CCN(C(=O)c2ccccc2C(F)(F)F)CC1)c1ccc(F)cc1F. The minimum Gasteiger partial charge on any atom is -0.349 e. The molecule has 9 heteroatoms. The van der Waals surface area contributed by atoms with Crippen LogP contribution < -0.4 is 5.32 Å². The summed E-state index contributed by atoms with van der Waals surface area (Å²) in [6, 6.07) is 6.81. The van der Waals surface area contributed by atoms with Crippen LogP contribution in [0.2, 0.25) is 0 Å². The standard InChI is InChI=1S/C20H17F5N2O2/c21-12-5-6-15(17(22)11-12)18(28)26-13-7-9-27(10-8-13)19(29)14-3-1-2-4-16(14)20(23,24)25/h1-6,11,13H,7-10H2,(H,26,28). The van der Waals surface area contributed by atoms with E-state index < -0.39 is 40.8 Å². The highest BCUT2D eigenvalue weighted by atomic mass is 19.4. The van der Waals surface area contributed by atoms with E-state index in [9.17, 15) is 31.5 Å². The molecular formula is C20H17F5N2O2. The second kappa shape index (κ2) is 8.18. The zero-order valence-corrected chi connectivity index (χ0v) is 15.1. The predicted molar refractivity (Wildman–Crippen MR) is 94.2 cm³/mol. The highest BCUT2D eigenvalue weighted by Crippen LogP contribution is 2.32. The van der Waals surface area contributed by atoms with E-state index in [0.29, 0.717) is 18.9 Å². The van der Waals surface area contributed by atoms with E-state index in [0.717, 1.165) is 24.3 Å². The van der Waals surface area contributed by atoms with E-state index in [1.165, 1.54) is 17.0 Å². The zero-order chi connectivity index (χ0) is 21.2. The summed E-state index contributed by atoms with van der Waals surface area (Å²) in [6.07, 6.45) is -4.04. The number of carbonyl (C=O) groups is 2. The third kappa shape index (κ3) is 4.72. The molecule has 0 aliphatic carbocycles. The number of rotatable bonds is 3. The van der Waals surface area contributed by atoms with Gasteiger partial charge in [0, 0.05) is 25.2 Å². The van der Waals surface area contributed by atoms with E-state index in [2.05, 4.69) is 5.32 Å². The summed E-state index contributed by atoms with van der Waals surface area (Å²) in [5.41, 5.74) is -1.72. The van der Waals surface area contributed by atoms with Crippen LogP contribution in [0.1, 0.15) is 39.1 Å². The van der Waals surface area contributed by atoms with Crippen molar-refractivity contribution >= 4 is 11.8 Å². The third-order valence-electron chi connectivity index (χ3n) is 4.76. The molecule has 1 N–H and O–H groups in total. The van der Waals surface area contributed by atoms with E-state index >= 15 is 0 Å². The molecule has 4 nitrogen and oxygen atoms in total. The topological polar surface area (TPSA) is 49.4 Å². The molecule has 1 heterocycles. The van der Waals surface area contributed by atoms with Crippen LogP contribution in [-0.2, 0) is 6.18 Å². The lowest BCUT2D eigenvalue weighted by Gasteiger charge is -2.33. The van der Waals surface area contributed by atoms with Gasteiger partial charge in [0.2, 0.25) is 0 Å². The summed E-state index contributed by atoms with van der Waals surface area (Å²) in [5.74, 6) is -3.23. The van der Waals surface area contributed by atoms with Crippen LogP contribution in [0.5, 0.6) is 0 Å². The van der Waals surface area contributed by atoms with Crippen molar-refractivity contribution in [2.45, 2.75) is 25.1 Å². The van der Waals surface area contributed by atoms with Gasteiger partial charge in [-0.05, 0) is 37.1 Å². The number of benzene rings is 2. The Morgan fingerprint density at radius 1 is 0.966 bits per heavy atom. The highest BCUT2D eigenvalue weighted by molar-refractivity contribution is 5.96. The molecule has 0 radical (unpaired) electrons. The quantitative estimate of drug-likeness (QED) is 0.775. The van der Waals surface area contributed by atoms with Crippen LogP contribution in [-0.4, -0.2) is 35.8 Å². The number of hydrogen-bond acceptors (Lipinski definition) is 2. The average molecular weight is 412 g/mol. The van der Waals surface area contributed by atoms with Crippen LogP contribution in [0, 0.1) is 11.6 Å². The van der Waals surface area contributed by atoms with Gasteiger partial charge in [-0.25, -0.2) is 8.78 Å². The van der Waals surface area contributed by atoms with Gasteiger partial charge in [-0.2, -0.15) is 13.2 Å². The molecule has 2 aromatic rings. The van der Waals surface area contributed by atoms with Gasteiger partial charge in [-0.1, -0.05) is 12.1 Å². The molecule has 1 aliphatic rings. The van der Waals surface area contributed by atoms with E-state index in [1.54, 1.807) is 0 Å². The Morgan fingerprint density at radius 3 is 2.24 bits per heavy atom. The third-order valence-corrected chi connectivity index (χ3v) is 4.76. The molecule has 1 saturated heterocycles. The lowest BCUT2D eigenvalue weighted by Crippen LogP contribution is -2.47. The number of amides is 2. The summed E-state index contributed by atoms with van der Waals surface area (Å²) in [4.78, 5) is 26.0. The Kier molecular flexibility index (Phi) is 5.86. The maximum atomic E-state index is 13.7. The Labute approximate surface area is 163 Å². The smallest absolute Gasteiger partial charge is 0.349 e. The monoisotopic (exact) mass is 412 g/mol. The van der Waals surface area contributed by atoms with Crippen molar-refractivity contribution in [1.82, 2.24) is 10.2 Å². The molecule has 0 saturated carbocycles. The fraction of sp³-hybridized carbons (Fsp3) is 0.300. The van der Waals surface area contributed by atoms with Gasteiger partial charge < -0.3 is 10.2 Å². The highest BCUT2D eigenvalue weighted by Gasteiger charge is 2.36. The molecule has 2 amide bonds. The van der Waals surface area contributed by atoms with Crippen molar-refractivity contribution in [1.29, 1.82) is 0 Å². The van der Waals surface area contributed by atoms with Crippen molar-refractivity contribution in [2.24, 2.45) is 0 Å². The minimum atomic E-state index is -4.64. The molecule has 3 rings (SSSR count). The van der Waals surface area contributed by atoms with Gasteiger partial charge in [0.15, 0.2) is 0 Å². The number of carbonyl (C=O) groups excluding carboxylic acids is 2. The normalized spacial score (nSPS) is 15.3. The second-order valence-electron chi connectivity index (χ2n) is 6.71. The van der Waals surface area contributed by atoms with Gasteiger partial charge in [0.1, 0.15) is 11.6 Å². The molecule has 0 spiro atoms. The van der Waals surface area contributed by atoms with Gasteiger partial charge in [-0.3, -0.25) is 9.59 Å². The first-order valence-electron chi connectivity index (χ1n) is 8.88. The molecule has 0 unspecified atom stereocenters. The Bertz CT molecular complexity index is 921. The maximum Gasteiger partial charge on any atom is 0.417 e. The first-order valence-corrected chi connectivity index (χ1v) is 8.88. The van der Waals surface area contributed by atoms with Crippen molar-refractivity contribution < 1.29 is 31.5 Å². The first kappa shape index (κ1) is 20.8. The molecule has 0 aromatic heterocycles. The lowest BCUT2D eigenvalue weighted by molar-refractivity contribution is -0.138. The molecule has 1 aliphatic heterocycles. The van der Waals surface area contributed by atoms with Crippen LogP contribution in [0.15, 0.2) is 42.5 Å². The number of piperidine rings is 1. The lowest BCUT2D eigenvalue weighted by atomic mass is 10.0. The maximum absolute atomic E-state index is 13.7. The fourth-order valence-electron chi connectivity index (χ4n) is 3.25. The summed E-state index contributed by atoms with van der Waals surface area (Å²) < 4.78 is 66.0. The Morgan fingerprint density at radius 2 is 1.62 bits per heavy atom. The molecule has 2 aromatic carbocycles. The van der Waals surface area contributed by atoms with Crippen molar-refractivity contribution in [3.63, 3.8) is 0 Å². The predicted octanol–water partition coefficient (Wildman–Crippen LogP) is 4.02. The first-order chi connectivity index (χ1) is 13.7. The van der Waals surface area contributed by atoms with Crippen LogP contribution in [0.25, 0.3) is 0 Å². The van der Waals surface area contributed by atoms with Crippen LogP contribution in [0.4, 0.5) is 22.0 Å². The summed E-state index contributed by atoms with van der Waals surface area (Å²) in [5, 5.41) is 2.61. The van der Waals surface area contributed by atoms with Crippen molar-refractivity contribution in [3.05, 3.63) is 70.8 Å². The van der Waals surface area contributed by atoms with E-state index in [1.807, 2.05) is 0 Å². The van der Waals surface area contributed by atoms with Gasteiger partial charge in [0.05, 0.1) is 16.7 Å². The minimum absolute atomic E-state index is 0.141. The van der Waals surface area contributed by atoms with Gasteiger partial charge in [0.25, 0.3) is 11.8 Å². The van der Waals surface area contributed by atoms with E-state index in [-0.39, 0.29) is 24.7 Å². The molecule has 154 valence electrons. The summed E-state index contributed by atoms with van der Waals surface area (Å²) in [6.45, 7) is 0.281. The number of likely N-dealkylation sites (tertiary alicyclic amines) is 1. The van der Waals surface area contributed by atoms with Crippen LogP contribution in [0.3, 0.4) is 0 Å². The summed E-state index contributed by atoms with van der Waals surface area (Å²) >= 11 is 0. The number of halogens is 5. The largest absolute Gasteiger partial charge is 0.417 e. The summed E-state index contributed by atoms with van der Waals surface area (Å²) in [7, 11) is 0. The Hall–Kier alpha value is -2.97. The molecule has 0 atom stereocenters. The van der Waals surface area contributed by atoms with Gasteiger partial charge in [-0.15, -0.1) is 0 Å². The van der Waals surface area contributed by atoms with Gasteiger partial charge >= 0.3 is 6.18 Å². The number of hydrogen-bond donors (Lipinski definition) is 1. The number of alkyl halides is 3. The van der Waals surface area contributed by atoms with E-state index in [4.69, 9.17) is 0 Å². The fourth-order valence-corrected chi connectivity index (χ4v) is 3.25. The second-order valence-corrected chi connectivity index (χ2v) is 6.71. The van der Waals surface area contributed by atoms with Crippen LogP contribution >= 0.6 is 0 Å². The molecule has 1 fully saturated rings. The molecule has 29 heavy (non-hydrogen) atoms. The molecule has 0 bridgehead atoms.